The molecular formula is C8H15N3O3S. The van der Waals surface area contributed by atoms with Crippen LogP contribution in [0.1, 0.15) is 25.7 Å². The summed E-state index contributed by atoms with van der Waals surface area (Å²) in [7, 11) is -3.40. The summed E-state index contributed by atoms with van der Waals surface area (Å²) in [5.74, 6) is 0.320. The van der Waals surface area contributed by atoms with Crippen molar-refractivity contribution in [1.29, 1.82) is 0 Å². The van der Waals surface area contributed by atoms with Crippen molar-refractivity contribution in [3.63, 3.8) is 0 Å². The van der Waals surface area contributed by atoms with Gasteiger partial charge in [0.15, 0.2) is 0 Å². The zero-order chi connectivity index (χ0) is 11.3. The van der Waals surface area contributed by atoms with Crippen LogP contribution in [0.15, 0.2) is 9.64 Å². The first-order valence-electron chi connectivity index (χ1n) is 4.85. The molecule has 1 rings (SSSR count). The molecule has 1 heterocycles. The van der Waals surface area contributed by atoms with E-state index in [1.807, 2.05) is 6.92 Å². The van der Waals surface area contributed by atoms with Crippen molar-refractivity contribution >= 4 is 9.84 Å². The second-order valence-corrected chi connectivity index (χ2v) is 5.16. The van der Waals surface area contributed by atoms with E-state index in [4.69, 9.17) is 10.2 Å². The summed E-state index contributed by atoms with van der Waals surface area (Å²) < 4.78 is 28.2. The molecule has 0 saturated heterocycles. The molecule has 0 unspecified atom stereocenters. The smallest absolute Gasteiger partial charge is 0.335 e. The predicted molar refractivity (Wildman–Crippen MR) is 54.0 cm³/mol. The van der Waals surface area contributed by atoms with Gasteiger partial charge in [-0.15, -0.1) is 5.10 Å². The van der Waals surface area contributed by atoms with E-state index in [9.17, 15) is 8.42 Å². The molecule has 86 valence electrons. The lowest BCUT2D eigenvalue weighted by molar-refractivity contribution is 0.397. The number of aromatic nitrogens is 2. The zero-order valence-corrected chi connectivity index (χ0v) is 9.46. The topological polar surface area (TPSA) is 99.1 Å². The van der Waals surface area contributed by atoms with Crippen LogP contribution in [0.4, 0.5) is 0 Å². The monoisotopic (exact) mass is 233 g/mol. The van der Waals surface area contributed by atoms with Crippen LogP contribution in [0.3, 0.4) is 0 Å². The van der Waals surface area contributed by atoms with E-state index in [1.165, 1.54) is 0 Å². The Balaban J connectivity index is 2.76. The van der Waals surface area contributed by atoms with Gasteiger partial charge in [-0.3, -0.25) is 0 Å². The summed E-state index contributed by atoms with van der Waals surface area (Å²) in [6, 6.07) is 0. The van der Waals surface area contributed by atoms with Crippen molar-refractivity contribution in [1.82, 2.24) is 10.2 Å². The van der Waals surface area contributed by atoms with Crippen LogP contribution in [0, 0.1) is 0 Å². The summed E-state index contributed by atoms with van der Waals surface area (Å²) in [6.07, 6.45) is 1.80. The Labute approximate surface area is 88.8 Å². The highest BCUT2D eigenvalue weighted by molar-refractivity contribution is 7.91. The van der Waals surface area contributed by atoms with E-state index in [2.05, 4.69) is 10.2 Å². The van der Waals surface area contributed by atoms with Crippen LogP contribution in [-0.2, 0) is 16.3 Å². The molecule has 6 nitrogen and oxygen atoms in total. The van der Waals surface area contributed by atoms with Crippen LogP contribution in [0.5, 0.6) is 0 Å². The Morgan fingerprint density at radius 3 is 2.73 bits per heavy atom. The summed E-state index contributed by atoms with van der Waals surface area (Å²) in [5, 5.41) is 6.81. The van der Waals surface area contributed by atoms with Gasteiger partial charge in [-0.25, -0.2) is 8.42 Å². The first-order chi connectivity index (χ1) is 7.10. The minimum atomic E-state index is -3.40. The van der Waals surface area contributed by atoms with Gasteiger partial charge >= 0.3 is 5.22 Å². The lowest BCUT2D eigenvalue weighted by Gasteiger charge is -1.96. The Morgan fingerprint density at radius 2 is 2.13 bits per heavy atom. The van der Waals surface area contributed by atoms with Crippen molar-refractivity contribution in [3.05, 3.63) is 5.89 Å². The van der Waals surface area contributed by atoms with Gasteiger partial charge in [-0.2, -0.15) is 0 Å². The van der Waals surface area contributed by atoms with Gasteiger partial charge in [0.05, 0.1) is 5.75 Å². The standard InChI is InChI=1S/C8H15N3O3S/c1-2-3-6-15(12,13)8-11-10-7(14-8)4-5-9/h2-6,9H2,1H3. The summed E-state index contributed by atoms with van der Waals surface area (Å²) in [5.41, 5.74) is 5.28. The number of rotatable bonds is 6. The van der Waals surface area contributed by atoms with Gasteiger partial charge in [-0.05, 0) is 6.42 Å². The molecule has 7 heteroatoms. The Kier molecular flexibility index (Phi) is 4.22. The third-order valence-corrected chi connectivity index (χ3v) is 3.36. The molecule has 0 spiro atoms. The highest BCUT2D eigenvalue weighted by atomic mass is 32.2. The van der Waals surface area contributed by atoms with Crippen LogP contribution >= 0.6 is 0 Å². The lowest BCUT2D eigenvalue weighted by atomic mass is 10.4. The molecule has 0 saturated carbocycles. The van der Waals surface area contributed by atoms with Crippen LogP contribution < -0.4 is 5.73 Å². The van der Waals surface area contributed by atoms with Crippen molar-refractivity contribution < 1.29 is 12.8 Å². The van der Waals surface area contributed by atoms with Crippen LogP contribution in [0.25, 0.3) is 0 Å². The van der Waals surface area contributed by atoms with Gasteiger partial charge in [0, 0.05) is 13.0 Å². The van der Waals surface area contributed by atoms with E-state index < -0.39 is 9.84 Å². The molecule has 0 bridgehead atoms. The first kappa shape index (κ1) is 12.1. The van der Waals surface area contributed by atoms with Crippen molar-refractivity contribution in [2.45, 2.75) is 31.4 Å². The van der Waals surface area contributed by atoms with Gasteiger partial charge in [0.25, 0.3) is 0 Å². The maximum Gasteiger partial charge on any atom is 0.335 e. The number of unbranched alkanes of at least 4 members (excludes halogenated alkanes) is 1. The maximum absolute atomic E-state index is 11.6. The quantitative estimate of drug-likeness (QED) is 0.750. The Bertz CT molecular complexity index is 399. The largest absolute Gasteiger partial charge is 0.412 e. The van der Waals surface area contributed by atoms with E-state index in [0.29, 0.717) is 19.4 Å². The molecular weight excluding hydrogens is 218 g/mol. The fraction of sp³-hybridized carbons (Fsp3) is 0.750. The van der Waals surface area contributed by atoms with E-state index in [0.717, 1.165) is 6.42 Å². The van der Waals surface area contributed by atoms with Gasteiger partial charge < -0.3 is 10.2 Å². The lowest BCUT2D eigenvalue weighted by Crippen LogP contribution is -2.07. The molecule has 0 aromatic carbocycles. The van der Waals surface area contributed by atoms with Gasteiger partial charge in [0.2, 0.25) is 15.7 Å². The molecule has 0 amide bonds. The van der Waals surface area contributed by atoms with E-state index >= 15 is 0 Å². The number of nitrogens with zero attached hydrogens (tertiary/aromatic N) is 2. The highest BCUT2D eigenvalue weighted by Gasteiger charge is 2.21. The fourth-order valence-corrected chi connectivity index (χ4v) is 2.24. The van der Waals surface area contributed by atoms with Gasteiger partial charge in [-0.1, -0.05) is 18.4 Å². The fourth-order valence-electron chi connectivity index (χ4n) is 1.01. The number of sulfone groups is 1. The molecule has 0 fully saturated rings. The number of hydrogen-bond donors (Lipinski definition) is 1. The first-order valence-corrected chi connectivity index (χ1v) is 6.50. The molecule has 0 radical (unpaired) electrons. The predicted octanol–water partition coefficient (Wildman–Crippen LogP) is 0.145. The minimum absolute atomic E-state index is 0.0494. The zero-order valence-electron chi connectivity index (χ0n) is 8.64. The Hall–Kier alpha value is -0.950. The van der Waals surface area contributed by atoms with E-state index in [-0.39, 0.29) is 16.9 Å². The molecule has 1 aromatic heterocycles. The van der Waals surface area contributed by atoms with Crippen LogP contribution in [0.2, 0.25) is 0 Å². The molecule has 0 atom stereocenters. The SMILES string of the molecule is CCCCS(=O)(=O)c1nnc(CCN)o1. The highest BCUT2D eigenvalue weighted by Crippen LogP contribution is 2.11. The molecule has 15 heavy (non-hydrogen) atoms. The van der Waals surface area contributed by atoms with Crippen LogP contribution in [-0.4, -0.2) is 30.9 Å². The van der Waals surface area contributed by atoms with E-state index in [1.54, 1.807) is 0 Å². The average molecular weight is 233 g/mol. The molecule has 0 aliphatic heterocycles. The summed E-state index contributed by atoms with van der Waals surface area (Å²) in [6.45, 7) is 2.28. The molecule has 2 N–H and O–H groups in total. The third kappa shape index (κ3) is 3.28. The molecule has 0 aliphatic carbocycles. The summed E-state index contributed by atoms with van der Waals surface area (Å²) in [4.78, 5) is 0. The van der Waals surface area contributed by atoms with Crippen molar-refractivity contribution in [3.8, 4) is 0 Å². The second kappa shape index (κ2) is 5.22. The number of hydrogen-bond acceptors (Lipinski definition) is 6. The Morgan fingerprint density at radius 1 is 1.40 bits per heavy atom. The summed E-state index contributed by atoms with van der Waals surface area (Å²) >= 11 is 0. The van der Waals surface area contributed by atoms with Gasteiger partial charge in [0.1, 0.15) is 0 Å². The van der Waals surface area contributed by atoms with Crippen molar-refractivity contribution in [2.24, 2.45) is 5.73 Å². The molecule has 0 aliphatic rings. The van der Waals surface area contributed by atoms with Crippen molar-refractivity contribution in [2.75, 3.05) is 12.3 Å². The third-order valence-electron chi connectivity index (χ3n) is 1.84. The molecule has 1 aromatic rings. The maximum atomic E-state index is 11.6. The average Bonchev–Trinajstić information content (AvgIpc) is 2.65. The number of nitrogens with two attached hydrogens (primary N) is 1. The second-order valence-electron chi connectivity index (χ2n) is 3.17. The normalized spacial score (nSPS) is 11.9. The minimum Gasteiger partial charge on any atom is -0.412 e.